The highest BCUT2D eigenvalue weighted by Gasteiger charge is 2.23. The van der Waals surface area contributed by atoms with Gasteiger partial charge in [-0.15, -0.1) is 0 Å². The van der Waals surface area contributed by atoms with Gasteiger partial charge >= 0.3 is 12.0 Å². The summed E-state index contributed by atoms with van der Waals surface area (Å²) in [7, 11) is 0. The van der Waals surface area contributed by atoms with Gasteiger partial charge in [-0.2, -0.15) is 5.10 Å². The Hall–Kier alpha value is -2.16. The molecule has 0 bridgehead atoms. The molecular weight excluding hydrogens is 264 g/mol. The first kappa shape index (κ1) is 14.3. The first-order chi connectivity index (χ1) is 9.56. The third-order valence-electron chi connectivity index (χ3n) is 3.20. The molecule has 2 heterocycles. The summed E-state index contributed by atoms with van der Waals surface area (Å²) in [5, 5.41) is 18.0. The van der Waals surface area contributed by atoms with E-state index < -0.39 is 5.97 Å². The molecule has 0 spiro atoms. The van der Waals surface area contributed by atoms with Crippen molar-refractivity contribution in [1.82, 2.24) is 30.3 Å². The van der Waals surface area contributed by atoms with E-state index in [0.29, 0.717) is 32.0 Å². The van der Waals surface area contributed by atoms with Crippen LogP contribution in [0.2, 0.25) is 0 Å². The lowest BCUT2D eigenvalue weighted by atomic mass is 10.3. The third-order valence-corrected chi connectivity index (χ3v) is 3.20. The van der Waals surface area contributed by atoms with Crippen molar-refractivity contribution in [3.63, 3.8) is 0 Å². The second-order valence-electron chi connectivity index (χ2n) is 4.70. The molecule has 2 amide bonds. The van der Waals surface area contributed by atoms with Gasteiger partial charge in [-0.1, -0.05) is 0 Å². The Morgan fingerprint density at radius 2 is 2.15 bits per heavy atom. The Kier molecular flexibility index (Phi) is 4.51. The summed E-state index contributed by atoms with van der Waals surface area (Å²) in [6.07, 6.45) is 1.39. The molecule has 1 unspecified atom stereocenters. The molecule has 1 atom stereocenters. The third kappa shape index (κ3) is 3.67. The van der Waals surface area contributed by atoms with Crippen molar-refractivity contribution in [3.05, 3.63) is 12.2 Å². The predicted molar refractivity (Wildman–Crippen MR) is 69.0 cm³/mol. The van der Waals surface area contributed by atoms with E-state index >= 15 is 0 Å². The van der Waals surface area contributed by atoms with Crippen LogP contribution in [0.1, 0.15) is 18.8 Å². The Bertz CT molecular complexity index is 455. The number of amides is 2. The minimum absolute atomic E-state index is 0.0178. The zero-order chi connectivity index (χ0) is 14.5. The van der Waals surface area contributed by atoms with Crippen LogP contribution in [0, 0.1) is 0 Å². The molecule has 110 valence electrons. The van der Waals surface area contributed by atoms with Gasteiger partial charge in [0.2, 0.25) is 0 Å². The van der Waals surface area contributed by atoms with Crippen LogP contribution in [0.15, 0.2) is 6.33 Å². The molecule has 1 saturated heterocycles. The highest BCUT2D eigenvalue weighted by Crippen LogP contribution is 2.07. The number of carbonyl (C=O) groups excluding carboxylic acids is 1. The van der Waals surface area contributed by atoms with E-state index in [9.17, 15) is 9.59 Å². The maximum absolute atomic E-state index is 12.1. The second-order valence-corrected chi connectivity index (χ2v) is 4.70. The summed E-state index contributed by atoms with van der Waals surface area (Å²) in [5.41, 5.74) is 0. The number of aromatic amines is 1. The van der Waals surface area contributed by atoms with Crippen LogP contribution in [0.3, 0.4) is 0 Å². The van der Waals surface area contributed by atoms with Crippen LogP contribution < -0.4 is 5.32 Å². The number of carboxylic acid groups (broad SMARTS) is 1. The minimum atomic E-state index is -0.846. The zero-order valence-corrected chi connectivity index (χ0v) is 11.2. The number of nitrogens with one attached hydrogen (secondary N) is 2. The smallest absolute Gasteiger partial charge is 0.318 e. The van der Waals surface area contributed by atoms with Crippen LogP contribution >= 0.6 is 0 Å². The molecule has 20 heavy (non-hydrogen) atoms. The van der Waals surface area contributed by atoms with Crippen molar-refractivity contribution in [2.75, 3.05) is 32.7 Å². The van der Waals surface area contributed by atoms with Gasteiger partial charge in [0.15, 0.2) is 0 Å². The summed E-state index contributed by atoms with van der Waals surface area (Å²) in [4.78, 5) is 30.1. The van der Waals surface area contributed by atoms with Gasteiger partial charge in [0.1, 0.15) is 12.2 Å². The van der Waals surface area contributed by atoms with Crippen molar-refractivity contribution in [2.24, 2.45) is 0 Å². The van der Waals surface area contributed by atoms with Gasteiger partial charge < -0.3 is 15.3 Å². The van der Waals surface area contributed by atoms with Crippen molar-refractivity contribution in [3.8, 4) is 0 Å². The Morgan fingerprint density at radius 1 is 1.45 bits per heavy atom. The Morgan fingerprint density at radius 3 is 2.70 bits per heavy atom. The quantitative estimate of drug-likeness (QED) is 0.671. The molecule has 1 aromatic rings. The number of piperazine rings is 1. The largest absolute Gasteiger partial charge is 0.480 e. The second kappa shape index (κ2) is 6.33. The topological polar surface area (TPSA) is 114 Å². The van der Waals surface area contributed by atoms with E-state index in [-0.39, 0.29) is 18.6 Å². The summed E-state index contributed by atoms with van der Waals surface area (Å²) in [5.74, 6) is -0.246. The molecule has 3 N–H and O–H groups in total. The van der Waals surface area contributed by atoms with Gasteiger partial charge in [0, 0.05) is 26.2 Å². The van der Waals surface area contributed by atoms with Crippen LogP contribution in [0.25, 0.3) is 0 Å². The molecule has 2 rings (SSSR count). The molecule has 0 radical (unpaired) electrons. The van der Waals surface area contributed by atoms with Crippen LogP contribution in [-0.2, 0) is 4.79 Å². The first-order valence-corrected chi connectivity index (χ1v) is 6.41. The lowest BCUT2D eigenvalue weighted by Crippen LogP contribution is -2.52. The number of carbonyl (C=O) groups is 2. The Balaban J connectivity index is 1.78. The normalized spacial score (nSPS) is 17.8. The first-order valence-electron chi connectivity index (χ1n) is 6.41. The molecular formula is C11H18N6O3. The molecule has 0 saturated carbocycles. The highest BCUT2D eigenvalue weighted by atomic mass is 16.4. The number of aromatic nitrogens is 3. The summed E-state index contributed by atoms with van der Waals surface area (Å²) in [6.45, 7) is 4.00. The van der Waals surface area contributed by atoms with E-state index in [0.717, 1.165) is 0 Å². The van der Waals surface area contributed by atoms with Crippen molar-refractivity contribution in [1.29, 1.82) is 0 Å². The number of hydrogen-bond acceptors (Lipinski definition) is 5. The minimum Gasteiger partial charge on any atom is -0.480 e. The highest BCUT2D eigenvalue weighted by molar-refractivity contribution is 5.74. The standard InChI is InChI=1S/C11H18N6O3/c1-8(10-12-7-13-15-10)14-11(20)17-4-2-16(3-5-17)6-9(18)19/h7-8H,2-6H2,1H3,(H,14,20)(H,18,19)(H,12,13,15). The Labute approximate surface area is 116 Å². The number of aliphatic carboxylic acids is 1. The fraction of sp³-hybridized carbons (Fsp3) is 0.636. The van der Waals surface area contributed by atoms with Crippen molar-refractivity contribution in [2.45, 2.75) is 13.0 Å². The van der Waals surface area contributed by atoms with Gasteiger partial charge in [0.25, 0.3) is 0 Å². The average Bonchev–Trinajstić information content (AvgIpc) is 2.92. The van der Waals surface area contributed by atoms with E-state index in [1.807, 2.05) is 11.8 Å². The van der Waals surface area contributed by atoms with Gasteiger partial charge in [0.05, 0.1) is 12.6 Å². The average molecular weight is 282 g/mol. The summed E-state index contributed by atoms with van der Waals surface area (Å²) >= 11 is 0. The lowest BCUT2D eigenvalue weighted by Gasteiger charge is -2.34. The number of carboxylic acids is 1. The van der Waals surface area contributed by atoms with Gasteiger partial charge in [-0.25, -0.2) is 9.78 Å². The van der Waals surface area contributed by atoms with Crippen molar-refractivity contribution >= 4 is 12.0 Å². The number of urea groups is 1. The number of nitrogens with zero attached hydrogens (tertiary/aromatic N) is 4. The molecule has 0 aliphatic carbocycles. The van der Waals surface area contributed by atoms with Crippen LogP contribution in [-0.4, -0.2) is 74.8 Å². The van der Waals surface area contributed by atoms with Crippen LogP contribution in [0.4, 0.5) is 4.79 Å². The molecule has 1 fully saturated rings. The maximum Gasteiger partial charge on any atom is 0.318 e. The molecule has 0 aromatic carbocycles. The number of H-pyrrole nitrogens is 1. The van der Waals surface area contributed by atoms with E-state index in [2.05, 4.69) is 20.5 Å². The fourth-order valence-corrected chi connectivity index (χ4v) is 2.07. The summed E-state index contributed by atoms with van der Waals surface area (Å²) in [6, 6.07) is -0.425. The predicted octanol–water partition coefficient (Wildman–Crippen LogP) is -0.722. The van der Waals surface area contributed by atoms with E-state index in [1.165, 1.54) is 6.33 Å². The fourth-order valence-electron chi connectivity index (χ4n) is 2.07. The van der Waals surface area contributed by atoms with Gasteiger partial charge in [-0.05, 0) is 6.92 Å². The molecule has 1 aliphatic heterocycles. The summed E-state index contributed by atoms with van der Waals surface area (Å²) < 4.78 is 0. The SMILES string of the molecule is CC(NC(=O)N1CCN(CC(=O)O)CC1)c1ncn[nH]1. The number of rotatable bonds is 4. The lowest BCUT2D eigenvalue weighted by molar-refractivity contribution is -0.138. The van der Waals surface area contributed by atoms with Gasteiger partial charge in [-0.3, -0.25) is 14.8 Å². The van der Waals surface area contributed by atoms with Crippen LogP contribution in [0.5, 0.6) is 0 Å². The van der Waals surface area contributed by atoms with E-state index in [1.54, 1.807) is 4.90 Å². The molecule has 1 aromatic heterocycles. The van der Waals surface area contributed by atoms with E-state index in [4.69, 9.17) is 5.11 Å². The molecule has 9 nitrogen and oxygen atoms in total. The number of hydrogen-bond donors (Lipinski definition) is 3. The monoisotopic (exact) mass is 282 g/mol. The zero-order valence-electron chi connectivity index (χ0n) is 11.2. The molecule has 1 aliphatic rings. The molecule has 9 heteroatoms. The van der Waals surface area contributed by atoms with Crippen molar-refractivity contribution < 1.29 is 14.7 Å². The maximum atomic E-state index is 12.1.